The first-order valence-corrected chi connectivity index (χ1v) is 9.31. The largest absolute Gasteiger partial charge is 0.409 e. The molecule has 3 rings (SSSR count). The number of piperidine rings is 1. The van der Waals surface area contributed by atoms with Crippen LogP contribution in [0.4, 0.5) is 0 Å². The molecule has 1 saturated heterocycles. The van der Waals surface area contributed by atoms with Gasteiger partial charge in [0.15, 0.2) is 0 Å². The van der Waals surface area contributed by atoms with E-state index in [0.717, 1.165) is 30.8 Å². The normalized spacial score (nSPS) is 21.8. The highest BCUT2D eigenvalue weighted by molar-refractivity contribution is 5.83. The van der Waals surface area contributed by atoms with Crippen LogP contribution in [0.1, 0.15) is 25.3 Å². The minimum Gasteiger partial charge on any atom is -0.409 e. The number of fused-ring (bicyclic) bond motifs is 1. The van der Waals surface area contributed by atoms with E-state index in [2.05, 4.69) is 47.5 Å². The van der Waals surface area contributed by atoms with Crippen molar-refractivity contribution in [2.75, 3.05) is 20.1 Å². The summed E-state index contributed by atoms with van der Waals surface area (Å²) in [6, 6.07) is 8.24. The van der Waals surface area contributed by atoms with E-state index in [0.29, 0.717) is 17.8 Å². The van der Waals surface area contributed by atoms with E-state index in [-0.39, 0.29) is 0 Å². The molecular formula is C21H29N3O. The van der Waals surface area contributed by atoms with Crippen LogP contribution in [0.15, 0.2) is 43.1 Å². The minimum atomic E-state index is 0.565. The van der Waals surface area contributed by atoms with Crippen LogP contribution < -0.4 is 15.6 Å². The lowest BCUT2D eigenvalue weighted by atomic mass is 9.73. The average molecular weight is 339 g/mol. The summed E-state index contributed by atoms with van der Waals surface area (Å²) in [5.41, 5.74) is 5.14. The molecule has 134 valence electrons. The van der Waals surface area contributed by atoms with Crippen molar-refractivity contribution in [1.82, 2.24) is 15.8 Å². The Balaban J connectivity index is 1.89. The Labute approximate surface area is 150 Å². The molecule has 3 unspecified atom stereocenters. The van der Waals surface area contributed by atoms with Gasteiger partial charge in [-0.05, 0) is 67.0 Å². The summed E-state index contributed by atoms with van der Waals surface area (Å²) < 4.78 is 0. The molecule has 2 heterocycles. The van der Waals surface area contributed by atoms with Gasteiger partial charge in [-0.3, -0.25) is 4.98 Å². The van der Waals surface area contributed by atoms with Crippen LogP contribution >= 0.6 is 0 Å². The zero-order valence-electron chi connectivity index (χ0n) is 15.3. The van der Waals surface area contributed by atoms with Crippen molar-refractivity contribution in [3.05, 3.63) is 48.7 Å². The topological polar surface area (TPSA) is 46.2 Å². The lowest BCUT2D eigenvalue weighted by molar-refractivity contribution is 0.201. The number of aromatic nitrogens is 1. The monoisotopic (exact) mass is 339 g/mol. The third-order valence-corrected chi connectivity index (χ3v) is 5.52. The highest BCUT2D eigenvalue weighted by atomic mass is 16.6. The Bertz CT molecular complexity index is 715. The Hall–Kier alpha value is -1.91. The first-order valence-electron chi connectivity index (χ1n) is 9.31. The molecule has 1 aromatic carbocycles. The molecule has 1 aliphatic rings. The second kappa shape index (κ2) is 8.45. The van der Waals surface area contributed by atoms with Crippen molar-refractivity contribution in [1.29, 1.82) is 0 Å². The number of nitrogens with one attached hydrogen (secondary N) is 2. The van der Waals surface area contributed by atoms with E-state index >= 15 is 0 Å². The molecular weight excluding hydrogens is 310 g/mol. The van der Waals surface area contributed by atoms with Gasteiger partial charge in [-0.2, -0.15) is 5.48 Å². The van der Waals surface area contributed by atoms with E-state index < -0.39 is 0 Å². The molecule has 0 aliphatic carbocycles. The third-order valence-electron chi connectivity index (χ3n) is 5.52. The smallest absolute Gasteiger partial charge is 0.147 e. The molecule has 1 fully saturated rings. The van der Waals surface area contributed by atoms with Gasteiger partial charge in [0.05, 0.1) is 5.52 Å². The van der Waals surface area contributed by atoms with Crippen molar-refractivity contribution in [2.45, 2.75) is 26.2 Å². The van der Waals surface area contributed by atoms with Crippen LogP contribution in [0.25, 0.3) is 10.9 Å². The Morgan fingerprint density at radius 2 is 2.32 bits per heavy atom. The molecule has 0 radical (unpaired) electrons. The maximum absolute atomic E-state index is 5.45. The van der Waals surface area contributed by atoms with Gasteiger partial charge in [0.2, 0.25) is 0 Å². The maximum Gasteiger partial charge on any atom is 0.147 e. The summed E-state index contributed by atoms with van der Waals surface area (Å²) in [5.74, 6) is 2.74. The molecule has 0 amide bonds. The molecule has 2 N–H and O–H groups in total. The lowest BCUT2D eigenvalue weighted by Gasteiger charge is -2.36. The second-order valence-electron chi connectivity index (χ2n) is 6.88. The van der Waals surface area contributed by atoms with E-state index in [9.17, 15) is 0 Å². The zero-order valence-corrected chi connectivity index (χ0v) is 15.3. The predicted molar refractivity (Wildman–Crippen MR) is 104 cm³/mol. The van der Waals surface area contributed by atoms with E-state index in [4.69, 9.17) is 4.84 Å². The average Bonchev–Trinajstić information content (AvgIpc) is 2.66. The fraction of sp³-hybridized carbons (Fsp3) is 0.476. The fourth-order valence-electron chi connectivity index (χ4n) is 4.17. The van der Waals surface area contributed by atoms with E-state index in [1.54, 1.807) is 7.05 Å². The van der Waals surface area contributed by atoms with Crippen LogP contribution in [0.2, 0.25) is 0 Å². The summed E-state index contributed by atoms with van der Waals surface area (Å²) in [5, 5.41) is 4.70. The van der Waals surface area contributed by atoms with Gasteiger partial charge < -0.3 is 10.2 Å². The van der Waals surface area contributed by atoms with Gasteiger partial charge >= 0.3 is 0 Å². The first kappa shape index (κ1) is 17.9. The minimum absolute atomic E-state index is 0.565. The summed E-state index contributed by atoms with van der Waals surface area (Å²) in [7, 11) is 1.77. The molecule has 0 saturated carbocycles. The Morgan fingerprint density at radius 1 is 1.44 bits per heavy atom. The fourth-order valence-corrected chi connectivity index (χ4v) is 4.17. The van der Waals surface area contributed by atoms with Crippen molar-refractivity contribution in [3.8, 4) is 5.75 Å². The van der Waals surface area contributed by atoms with Gasteiger partial charge in [-0.15, -0.1) is 6.58 Å². The van der Waals surface area contributed by atoms with Crippen molar-refractivity contribution in [3.63, 3.8) is 0 Å². The van der Waals surface area contributed by atoms with Crippen LogP contribution in [-0.2, 0) is 6.42 Å². The van der Waals surface area contributed by atoms with Gasteiger partial charge in [0.1, 0.15) is 5.75 Å². The highest BCUT2D eigenvalue weighted by Gasteiger charge is 2.29. The number of pyridine rings is 1. The summed E-state index contributed by atoms with van der Waals surface area (Å²) in [6.45, 7) is 8.55. The number of hydrogen-bond donors (Lipinski definition) is 2. The van der Waals surface area contributed by atoms with Gasteiger partial charge in [-0.1, -0.05) is 19.4 Å². The number of benzene rings is 1. The molecule has 1 aliphatic heterocycles. The lowest BCUT2D eigenvalue weighted by Crippen LogP contribution is -2.39. The summed E-state index contributed by atoms with van der Waals surface area (Å²) in [6.07, 6.45) is 7.56. The molecule has 3 atom stereocenters. The van der Waals surface area contributed by atoms with Crippen molar-refractivity contribution < 1.29 is 4.84 Å². The van der Waals surface area contributed by atoms with Crippen molar-refractivity contribution >= 4 is 10.9 Å². The predicted octanol–water partition coefficient (Wildman–Crippen LogP) is 3.73. The van der Waals surface area contributed by atoms with Crippen LogP contribution in [0.3, 0.4) is 0 Å². The molecule has 25 heavy (non-hydrogen) atoms. The van der Waals surface area contributed by atoms with Crippen LogP contribution in [0, 0.1) is 17.8 Å². The highest BCUT2D eigenvalue weighted by Crippen LogP contribution is 2.34. The molecule has 0 bridgehead atoms. The Morgan fingerprint density at radius 3 is 3.08 bits per heavy atom. The molecule has 0 spiro atoms. The number of hydroxylamine groups is 1. The third kappa shape index (κ3) is 4.02. The van der Waals surface area contributed by atoms with Crippen LogP contribution in [0.5, 0.6) is 5.75 Å². The van der Waals surface area contributed by atoms with E-state index in [1.807, 2.05) is 18.3 Å². The first-order chi connectivity index (χ1) is 12.3. The zero-order chi connectivity index (χ0) is 17.6. The molecule has 4 nitrogen and oxygen atoms in total. The van der Waals surface area contributed by atoms with Crippen LogP contribution in [-0.4, -0.2) is 25.1 Å². The molecule has 4 heteroatoms. The number of rotatable bonds is 7. The SMILES string of the molecule is C=CC1CNCCC1C(CC)Cc1ccnc2ccc(ONC)cc12. The molecule has 1 aromatic heterocycles. The van der Waals surface area contributed by atoms with Gasteiger partial charge in [0, 0.05) is 25.2 Å². The summed E-state index contributed by atoms with van der Waals surface area (Å²) >= 11 is 0. The van der Waals surface area contributed by atoms with E-state index in [1.165, 1.54) is 23.8 Å². The second-order valence-corrected chi connectivity index (χ2v) is 6.88. The number of nitrogens with zero attached hydrogens (tertiary/aromatic N) is 1. The number of hydrogen-bond acceptors (Lipinski definition) is 4. The Kier molecular flexibility index (Phi) is 6.05. The quantitative estimate of drug-likeness (QED) is 0.596. The summed E-state index contributed by atoms with van der Waals surface area (Å²) in [4.78, 5) is 9.97. The standard InChI is InChI=1S/C21H29N3O/c1-4-15(19-9-10-23-14-16(19)5-2)12-17-8-11-24-21-7-6-18(25-22-3)13-20(17)21/h5-8,11,13,15-16,19,22-23H,2,4,9-10,12,14H2,1,3H3. The van der Waals surface area contributed by atoms with Crippen molar-refractivity contribution in [2.24, 2.45) is 17.8 Å². The van der Waals surface area contributed by atoms with Gasteiger partial charge in [-0.25, -0.2) is 0 Å². The van der Waals surface area contributed by atoms with Gasteiger partial charge in [0.25, 0.3) is 0 Å². The maximum atomic E-state index is 5.45. The molecule has 2 aromatic rings.